The molecule has 1 fully saturated rings. The van der Waals surface area contributed by atoms with Gasteiger partial charge in [-0.2, -0.15) is 0 Å². The zero-order valence-corrected chi connectivity index (χ0v) is 11.7. The summed E-state index contributed by atoms with van der Waals surface area (Å²) < 4.78 is 0. The lowest BCUT2D eigenvalue weighted by Crippen LogP contribution is -2.60. The third kappa shape index (κ3) is 3.15. The first-order valence-corrected chi connectivity index (χ1v) is 6.50. The molecule has 1 rings (SSSR count). The lowest BCUT2D eigenvalue weighted by molar-refractivity contribution is -0.139. The van der Waals surface area contributed by atoms with Crippen LogP contribution in [0.1, 0.15) is 52.9 Å². The van der Waals surface area contributed by atoms with Crippen molar-refractivity contribution in [3.8, 4) is 0 Å². The Morgan fingerprint density at radius 1 is 1.39 bits per heavy atom. The van der Waals surface area contributed by atoms with Gasteiger partial charge in [0.05, 0.1) is 12.0 Å². The normalized spacial score (nSPS) is 17.8. The molecule has 0 heterocycles. The fraction of sp³-hybridized carbons (Fsp3) is 0.846. The van der Waals surface area contributed by atoms with Gasteiger partial charge >= 0.3 is 12.0 Å². The van der Waals surface area contributed by atoms with Gasteiger partial charge in [-0.1, -0.05) is 6.92 Å². The molecule has 2 amide bonds. The fourth-order valence-electron chi connectivity index (χ4n) is 2.06. The maximum absolute atomic E-state index is 12.2. The first kappa shape index (κ1) is 14.8. The first-order valence-electron chi connectivity index (χ1n) is 6.50. The van der Waals surface area contributed by atoms with Crippen molar-refractivity contribution >= 4 is 12.0 Å². The van der Waals surface area contributed by atoms with Crippen LogP contribution in [-0.4, -0.2) is 40.1 Å². The third-order valence-electron chi connectivity index (χ3n) is 4.25. The number of hydrogen-bond acceptors (Lipinski definition) is 2. The van der Waals surface area contributed by atoms with Crippen molar-refractivity contribution in [2.24, 2.45) is 0 Å². The van der Waals surface area contributed by atoms with Crippen molar-refractivity contribution in [3.63, 3.8) is 0 Å². The highest BCUT2D eigenvalue weighted by Gasteiger charge is 2.41. The molecule has 104 valence electrons. The Labute approximate surface area is 109 Å². The molecule has 0 aromatic rings. The summed E-state index contributed by atoms with van der Waals surface area (Å²) in [5, 5.41) is 11.8. The molecular weight excluding hydrogens is 232 g/mol. The average molecular weight is 256 g/mol. The largest absolute Gasteiger partial charge is 0.481 e. The summed E-state index contributed by atoms with van der Waals surface area (Å²) in [6.07, 6.45) is 3.35. The molecule has 0 saturated heterocycles. The van der Waals surface area contributed by atoms with Crippen molar-refractivity contribution in [2.75, 3.05) is 7.05 Å². The highest BCUT2D eigenvalue weighted by atomic mass is 16.4. The number of carbonyl (C=O) groups excluding carboxylic acids is 1. The number of aliphatic carboxylic acids is 1. The molecule has 0 unspecified atom stereocenters. The third-order valence-corrected chi connectivity index (χ3v) is 4.25. The van der Waals surface area contributed by atoms with Crippen LogP contribution in [0.25, 0.3) is 0 Å². The molecule has 0 atom stereocenters. The van der Waals surface area contributed by atoms with E-state index in [0.717, 1.165) is 25.7 Å². The van der Waals surface area contributed by atoms with E-state index in [4.69, 9.17) is 5.11 Å². The Bertz CT molecular complexity index is 335. The van der Waals surface area contributed by atoms with Crippen LogP contribution in [0.2, 0.25) is 0 Å². The molecule has 0 aliphatic heterocycles. The summed E-state index contributed by atoms with van der Waals surface area (Å²) in [6.45, 7) is 6.02. The topological polar surface area (TPSA) is 69.6 Å². The molecule has 5 nitrogen and oxygen atoms in total. The van der Waals surface area contributed by atoms with E-state index >= 15 is 0 Å². The smallest absolute Gasteiger partial charge is 0.318 e. The summed E-state index contributed by atoms with van der Waals surface area (Å²) in [5.74, 6) is -0.854. The molecule has 0 bridgehead atoms. The van der Waals surface area contributed by atoms with Gasteiger partial charge in [0.25, 0.3) is 0 Å². The van der Waals surface area contributed by atoms with Crippen molar-refractivity contribution in [1.82, 2.24) is 10.2 Å². The molecule has 0 aromatic carbocycles. The zero-order chi connectivity index (χ0) is 14.0. The van der Waals surface area contributed by atoms with E-state index < -0.39 is 11.5 Å². The van der Waals surface area contributed by atoms with E-state index in [9.17, 15) is 9.59 Å². The van der Waals surface area contributed by atoms with E-state index in [-0.39, 0.29) is 18.0 Å². The Morgan fingerprint density at radius 3 is 2.28 bits per heavy atom. The molecule has 5 heteroatoms. The van der Waals surface area contributed by atoms with E-state index in [0.29, 0.717) is 0 Å². The number of hydrogen-bond donors (Lipinski definition) is 2. The van der Waals surface area contributed by atoms with Gasteiger partial charge in [0.15, 0.2) is 0 Å². The molecule has 1 aliphatic carbocycles. The summed E-state index contributed by atoms with van der Waals surface area (Å²) >= 11 is 0. The predicted octanol–water partition coefficient (Wildman–Crippen LogP) is 2.21. The Hall–Kier alpha value is -1.26. The van der Waals surface area contributed by atoms with Crippen molar-refractivity contribution in [1.29, 1.82) is 0 Å². The number of nitrogens with zero attached hydrogens (tertiary/aromatic N) is 1. The van der Waals surface area contributed by atoms with Crippen LogP contribution in [0.15, 0.2) is 0 Å². The monoisotopic (exact) mass is 256 g/mol. The number of carboxylic acid groups (broad SMARTS) is 1. The number of nitrogens with one attached hydrogen (secondary N) is 1. The molecule has 1 aliphatic rings. The van der Waals surface area contributed by atoms with Crippen molar-refractivity contribution < 1.29 is 14.7 Å². The van der Waals surface area contributed by atoms with Gasteiger partial charge in [0, 0.05) is 12.6 Å². The SMILES string of the molecule is CCC(C)(C)N(C)C(=O)NC1(CC(=O)O)CCC1. The van der Waals surface area contributed by atoms with Gasteiger partial charge in [-0.05, 0) is 39.5 Å². The quantitative estimate of drug-likeness (QED) is 0.792. The van der Waals surface area contributed by atoms with Gasteiger partial charge in [0.2, 0.25) is 0 Å². The minimum absolute atomic E-state index is 0.0130. The van der Waals surface area contributed by atoms with Crippen LogP contribution in [0.3, 0.4) is 0 Å². The maximum Gasteiger partial charge on any atom is 0.318 e. The minimum atomic E-state index is -0.854. The van der Waals surface area contributed by atoms with Gasteiger partial charge in [-0.15, -0.1) is 0 Å². The van der Waals surface area contributed by atoms with Crippen molar-refractivity contribution in [3.05, 3.63) is 0 Å². The number of amides is 2. The van der Waals surface area contributed by atoms with Crippen LogP contribution in [0.4, 0.5) is 4.79 Å². The second kappa shape index (κ2) is 5.16. The fourth-order valence-corrected chi connectivity index (χ4v) is 2.06. The second-order valence-electron chi connectivity index (χ2n) is 5.86. The number of urea groups is 1. The van der Waals surface area contributed by atoms with Crippen LogP contribution in [0.5, 0.6) is 0 Å². The highest BCUT2D eigenvalue weighted by Crippen LogP contribution is 2.35. The number of rotatable bonds is 5. The number of carboxylic acids is 1. The molecule has 0 aromatic heterocycles. The Kier molecular flexibility index (Phi) is 4.24. The maximum atomic E-state index is 12.2. The Morgan fingerprint density at radius 2 is 1.94 bits per heavy atom. The highest BCUT2D eigenvalue weighted by molar-refractivity contribution is 5.77. The van der Waals surface area contributed by atoms with Gasteiger partial charge < -0.3 is 15.3 Å². The molecule has 0 spiro atoms. The molecule has 0 radical (unpaired) electrons. The second-order valence-corrected chi connectivity index (χ2v) is 5.86. The van der Waals surface area contributed by atoms with Crippen LogP contribution < -0.4 is 5.32 Å². The van der Waals surface area contributed by atoms with E-state index in [2.05, 4.69) is 5.32 Å². The van der Waals surface area contributed by atoms with E-state index in [1.807, 2.05) is 20.8 Å². The molecule has 2 N–H and O–H groups in total. The van der Waals surface area contributed by atoms with Gasteiger partial charge in [-0.3, -0.25) is 4.79 Å². The molecule has 1 saturated carbocycles. The standard InChI is InChI=1S/C13H24N2O3/c1-5-12(2,3)15(4)11(18)14-13(7-6-8-13)9-10(16)17/h5-9H2,1-4H3,(H,14,18)(H,16,17). The van der Waals surface area contributed by atoms with Crippen LogP contribution in [-0.2, 0) is 4.79 Å². The average Bonchev–Trinajstić information content (AvgIpc) is 2.24. The minimum Gasteiger partial charge on any atom is -0.481 e. The van der Waals surface area contributed by atoms with E-state index in [1.54, 1.807) is 11.9 Å². The van der Waals surface area contributed by atoms with Gasteiger partial charge in [0.1, 0.15) is 0 Å². The lowest BCUT2D eigenvalue weighted by atomic mass is 9.74. The van der Waals surface area contributed by atoms with Gasteiger partial charge in [-0.25, -0.2) is 4.79 Å². The summed E-state index contributed by atoms with van der Waals surface area (Å²) in [4.78, 5) is 24.7. The summed E-state index contributed by atoms with van der Waals surface area (Å²) in [7, 11) is 1.76. The predicted molar refractivity (Wildman–Crippen MR) is 69.5 cm³/mol. The molecular formula is C13H24N2O3. The van der Waals surface area contributed by atoms with Crippen molar-refractivity contribution in [2.45, 2.75) is 64.0 Å². The summed E-state index contributed by atoms with van der Waals surface area (Å²) in [5.41, 5.74) is -0.751. The zero-order valence-electron chi connectivity index (χ0n) is 11.7. The summed E-state index contributed by atoms with van der Waals surface area (Å²) in [6, 6.07) is -0.178. The van der Waals surface area contributed by atoms with Crippen LogP contribution in [0, 0.1) is 0 Å². The lowest BCUT2D eigenvalue weighted by Gasteiger charge is -2.44. The van der Waals surface area contributed by atoms with Crippen LogP contribution >= 0.6 is 0 Å². The van der Waals surface area contributed by atoms with E-state index in [1.165, 1.54) is 0 Å². The number of carbonyl (C=O) groups is 2. The first-order chi connectivity index (χ1) is 8.22. The Balaban J connectivity index is 2.66. The molecule has 18 heavy (non-hydrogen) atoms.